The van der Waals surface area contributed by atoms with E-state index in [2.05, 4.69) is 9.88 Å². The Morgan fingerprint density at radius 1 is 1.28 bits per heavy atom. The fraction of sp³-hybridized carbons (Fsp3) is 0.571. The molecule has 4 nitrogen and oxygen atoms in total. The molecule has 1 amide bonds. The second-order valence-corrected chi connectivity index (χ2v) is 4.86. The number of pyridine rings is 1. The molecule has 18 heavy (non-hydrogen) atoms. The molecular formula is C14H21N3O. The Hall–Kier alpha value is -1.42. The van der Waals surface area contributed by atoms with E-state index in [9.17, 15) is 4.79 Å². The van der Waals surface area contributed by atoms with E-state index < -0.39 is 0 Å². The Bertz CT molecular complexity index is 374. The van der Waals surface area contributed by atoms with E-state index in [1.165, 1.54) is 32.4 Å². The topological polar surface area (TPSA) is 36.4 Å². The number of aromatic nitrogens is 1. The minimum absolute atomic E-state index is 0.0782. The van der Waals surface area contributed by atoms with Crippen molar-refractivity contribution in [2.75, 3.05) is 33.2 Å². The van der Waals surface area contributed by atoms with Gasteiger partial charge in [-0.3, -0.25) is 9.78 Å². The maximum Gasteiger partial charge on any atom is 0.253 e. The van der Waals surface area contributed by atoms with E-state index >= 15 is 0 Å². The lowest BCUT2D eigenvalue weighted by molar-refractivity contribution is 0.0773. The quantitative estimate of drug-likeness (QED) is 0.811. The number of likely N-dealkylation sites (N-methyl/N-ethyl adjacent to an activating group) is 1. The van der Waals surface area contributed by atoms with Gasteiger partial charge in [-0.15, -0.1) is 0 Å². The summed E-state index contributed by atoms with van der Waals surface area (Å²) in [7, 11) is 1.87. The highest BCUT2D eigenvalue weighted by Gasteiger charge is 2.14. The largest absolute Gasteiger partial charge is 0.340 e. The molecule has 1 fully saturated rings. The molecule has 4 heteroatoms. The third-order valence-electron chi connectivity index (χ3n) is 3.47. The van der Waals surface area contributed by atoms with Gasteiger partial charge < -0.3 is 9.80 Å². The van der Waals surface area contributed by atoms with Crippen LogP contribution in [0, 0.1) is 0 Å². The zero-order valence-electron chi connectivity index (χ0n) is 11.0. The number of nitrogens with zero attached hydrogens (tertiary/aromatic N) is 3. The molecule has 98 valence electrons. The van der Waals surface area contributed by atoms with Gasteiger partial charge in [0.2, 0.25) is 0 Å². The summed E-state index contributed by atoms with van der Waals surface area (Å²) in [5, 5.41) is 0. The number of hydrogen-bond acceptors (Lipinski definition) is 3. The van der Waals surface area contributed by atoms with E-state index in [0.29, 0.717) is 5.56 Å². The minimum Gasteiger partial charge on any atom is -0.340 e. The normalized spacial score (nSPS) is 16.5. The molecule has 1 aromatic rings. The van der Waals surface area contributed by atoms with E-state index in [-0.39, 0.29) is 5.91 Å². The number of amides is 1. The molecule has 0 aliphatic carbocycles. The lowest BCUT2D eigenvalue weighted by atomic mass is 10.1. The average Bonchev–Trinajstić information content (AvgIpc) is 2.46. The summed E-state index contributed by atoms with van der Waals surface area (Å²) in [4.78, 5) is 20.3. The van der Waals surface area contributed by atoms with Crippen LogP contribution < -0.4 is 0 Å². The van der Waals surface area contributed by atoms with Crippen molar-refractivity contribution in [3.05, 3.63) is 30.1 Å². The van der Waals surface area contributed by atoms with E-state index in [4.69, 9.17) is 0 Å². The number of hydrogen-bond donors (Lipinski definition) is 0. The van der Waals surface area contributed by atoms with Crippen LogP contribution in [0.3, 0.4) is 0 Å². The third-order valence-corrected chi connectivity index (χ3v) is 3.47. The number of rotatable bonds is 4. The predicted octanol–water partition coefficient (Wildman–Crippen LogP) is 1.64. The minimum atomic E-state index is 0.0782. The smallest absolute Gasteiger partial charge is 0.253 e. The predicted molar refractivity (Wildman–Crippen MR) is 71.5 cm³/mol. The van der Waals surface area contributed by atoms with Crippen molar-refractivity contribution in [2.24, 2.45) is 0 Å². The molecule has 0 radical (unpaired) electrons. The summed E-state index contributed by atoms with van der Waals surface area (Å²) in [6.45, 7) is 4.13. The molecule has 1 saturated heterocycles. The highest BCUT2D eigenvalue weighted by molar-refractivity contribution is 5.93. The molecule has 0 bridgehead atoms. The summed E-state index contributed by atoms with van der Waals surface area (Å²) >= 11 is 0. The van der Waals surface area contributed by atoms with E-state index in [1.807, 2.05) is 7.05 Å². The zero-order chi connectivity index (χ0) is 12.8. The van der Waals surface area contributed by atoms with Gasteiger partial charge in [0.1, 0.15) is 0 Å². The zero-order valence-corrected chi connectivity index (χ0v) is 11.0. The molecule has 1 aliphatic heterocycles. The third kappa shape index (κ3) is 3.53. The maximum absolute atomic E-state index is 12.1. The Balaban J connectivity index is 1.80. The van der Waals surface area contributed by atoms with Crippen molar-refractivity contribution in [2.45, 2.75) is 19.3 Å². The van der Waals surface area contributed by atoms with Crippen molar-refractivity contribution in [1.82, 2.24) is 14.8 Å². The fourth-order valence-corrected chi connectivity index (χ4v) is 2.29. The van der Waals surface area contributed by atoms with Crippen molar-refractivity contribution in [1.29, 1.82) is 0 Å². The number of likely N-dealkylation sites (tertiary alicyclic amines) is 1. The molecule has 0 unspecified atom stereocenters. The van der Waals surface area contributed by atoms with Gasteiger partial charge in [-0.2, -0.15) is 0 Å². The number of piperidine rings is 1. The van der Waals surface area contributed by atoms with Crippen LogP contribution in [0.5, 0.6) is 0 Å². The maximum atomic E-state index is 12.1. The highest BCUT2D eigenvalue weighted by atomic mass is 16.2. The Morgan fingerprint density at radius 3 is 2.61 bits per heavy atom. The molecule has 0 atom stereocenters. The van der Waals surface area contributed by atoms with Gasteiger partial charge in [-0.1, -0.05) is 6.42 Å². The molecule has 2 rings (SSSR count). The van der Waals surface area contributed by atoms with Crippen LogP contribution in [-0.2, 0) is 0 Å². The summed E-state index contributed by atoms with van der Waals surface area (Å²) in [5.74, 6) is 0.0782. The van der Waals surface area contributed by atoms with Gasteiger partial charge >= 0.3 is 0 Å². The van der Waals surface area contributed by atoms with E-state index in [0.717, 1.165) is 13.1 Å². The highest BCUT2D eigenvalue weighted by Crippen LogP contribution is 2.08. The monoisotopic (exact) mass is 247 g/mol. The van der Waals surface area contributed by atoms with Crippen LogP contribution in [0.4, 0.5) is 0 Å². The molecule has 0 N–H and O–H groups in total. The standard InChI is InChI=1S/C14H21N3O/c1-16(11-12-17-9-3-2-4-10-17)14(18)13-5-7-15-8-6-13/h5-8H,2-4,9-12H2,1H3. The van der Waals surface area contributed by atoms with Crippen molar-refractivity contribution in [3.63, 3.8) is 0 Å². The lowest BCUT2D eigenvalue weighted by Crippen LogP contribution is -2.38. The van der Waals surface area contributed by atoms with Crippen molar-refractivity contribution in [3.8, 4) is 0 Å². The van der Waals surface area contributed by atoms with Crippen molar-refractivity contribution >= 4 is 5.91 Å². The van der Waals surface area contributed by atoms with Crippen LogP contribution in [-0.4, -0.2) is 53.9 Å². The Morgan fingerprint density at radius 2 is 1.94 bits per heavy atom. The SMILES string of the molecule is CN(CCN1CCCCC1)C(=O)c1ccncc1. The van der Waals surface area contributed by atoms with E-state index in [1.54, 1.807) is 29.4 Å². The van der Waals surface area contributed by atoms with Crippen LogP contribution in [0.1, 0.15) is 29.6 Å². The Kier molecular flexibility index (Phi) is 4.70. The number of carbonyl (C=O) groups excluding carboxylic acids is 1. The van der Waals surface area contributed by atoms with Crippen LogP contribution in [0.15, 0.2) is 24.5 Å². The van der Waals surface area contributed by atoms with Crippen molar-refractivity contribution < 1.29 is 4.79 Å². The second-order valence-electron chi connectivity index (χ2n) is 4.86. The Labute approximate surface area is 109 Å². The molecule has 1 aromatic heterocycles. The molecule has 2 heterocycles. The summed E-state index contributed by atoms with van der Waals surface area (Å²) in [6, 6.07) is 3.53. The first-order valence-electron chi connectivity index (χ1n) is 6.65. The molecule has 0 saturated carbocycles. The summed E-state index contributed by atoms with van der Waals surface area (Å²) in [6.07, 6.45) is 7.25. The van der Waals surface area contributed by atoms with Gasteiger partial charge in [0, 0.05) is 38.1 Å². The van der Waals surface area contributed by atoms with Gasteiger partial charge in [0.05, 0.1) is 0 Å². The van der Waals surface area contributed by atoms with Crippen LogP contribution in [0.2, 0.25) is 0 Å². The van der Waals surface area contributed by atoms with Gasteiger partial charge in [-0.05, 0) is 38.1 Å². The average molecular weight is 247 g/mol. The summed E-state index contributed by atoms with van der Waals surface area (Å²) in [5.41, 5.74) is 0.714. The van der Waals surface area contributed by atoms with Gasteiger partial charge in [-0.25, -0.2) is 0 Å². The van der Waals surface area contributed by atoms with Gasteiger partial charge in [0.15, 0.2) is 0 Å². The van der Waals surface area contributed by atoms with Crippen LogP contribution in [0.25, 0.3) is 0 Å². The molecule has 1 aliphatic rings. The fourth-order valence-electron chi connectivity index (χ4n) is 2.29. The molecular weight excluding hydrogens is 226 g/mol. The summed E-state index contributed by atoms with van der Waals surface area (Å²) < 4.78 is 0. The van der Waals surface area contributed by atoms with Crippen LogP contribution >= 0.6 is 0 Å². The first-order valence-corrected chi connectivity index (χ1v) is 6.65. The van der Waals surface area contributed by atoms with Gasteiger partial charge in [0.25, 0.3) is 5.91 Å². The first-order chi connectivity index (χ1) is 8.77. The first kappa shape index (κ1) is 13.0. The number of carbonyl (C=O) groups is 1. The second kappa shape index (κ2) is 6.50. The molecule has 0 spiro atoms. The lowest BCUT2D eigenvalue weighted by Gasteiger charge is -2.28. The molecule has 0 aromatic carbocycles.